The molecule has 4 heteroatoms. The van der Waals surface area contributed by atoms with Gasteiger partial charge in [-0.25, -0.2) is 4.79 Å². The Morgan fingerprint density at radius 1 is 1.05 bits per heavy atom. The predicted octanol–water partition coefficient (Wildman–Crippen LogP) is 3.05. The van der Waals surface area contributed by atoms with Gasteiger partial charge >= 0.3 is 5.97 Å². The van der Waals surface area contributed by atoms with Crippen LogP contribution in [0.25, 0.3) is 0 Å². The summed E-state index contributed by atoms with van der Waals surface area (Å²) in [5, 5.41) is 8.79. The van der Waals surface area contributed by atoms with Gasteiger partial charge in [-0.2, -0.15) is 0 Å². The van der Waals surface area contributed by atoms with Crippen LogP contribution in [0.3, 0.4) is 0 Å². The summed E-state index contributed by atoms with van der Waals surface area (Å²) in [5.41, 5.74) is 0.926. The highest BCUT2D eigenvalue weighted by molar-refractivity contribution is 6.40. The van der Waals surface area contributed by atoms with E-state index in [4.69, 9.17) is 9.84 Å². The van der Waals surface area contributed by atoms with E-state index in [9.17, 15) is 9.59 Å². The van der Waals surface area contributed by atoms with Gasteiger partial charge in [0.05, 0.1) is 5.56 Å². The van der Waals surface area contributed by atoms with Crippen molar-refractivity contribution < 1.29 is 19.4 Å². The first kappa shape index (κ1) is 12.8. The number of rotatable bonds is 4. The summed E-state index contributed by atoms with van der Waals surface area (Å²) in [6.45, 7) is 1.84. The van der Waals surface area contributed by atoms with Crippen molar-refractivity contribution in [2.24, 2.45) is 0 Å². The molecule has 96 valence electrons. The van der Waals surface area contributed by atoms with E-state index in [1.54, 1.807) is 36.4 Å². The van der Waals surface area contributed by atoms with E-state index in [1.807, 2.05) is 13.0 Å². The summed E-state index contributed by atoms with van der Waals surface area (Å²) in [4.78, 5) is 22.4. The van der Waals surface area contributed by atoms with E-state index in [0.29, 0.717) is 5.75 Å². The molecule has 2 aromatic rings. The molecule has 4 nitrogen and oxygen atoms in total. The van der Waals surface area contributed by atoms with Crippen molar-refractivity contribution in [3.63, 3.8) is 0 Å². The lowest BCUT2D eigenvalue weighted by Crippen LogP contribution is -2.13. The number of carbonyl (C=O) groups excluding carboxylic acids is 1. The number of carbonyl (C=O) groups is 2. The highest BCUT2D eigenvalue weighted by Crippen LogP contribution is 2.26. The highest BCUT2D eigenvalue weighted by Gasteiger charge is 2.19. The van der Waals surface area contributed by atoms with Crippen LogP contribution in [0.1, 0.15) is 15.9 Å². The number of ketones is 1. The smallest absolute Gasteiger partial charge is 0.377 e. The van der Waals surface area contributed by atoms with Gasteiger partial charge in [0.1, 0.15) is 11.5 Å². The van der Waals surface area contributed by atoms with Crippen LogP contribution in [0.2, 0.25) is 0 Å². The van der Waals surface area contributed by atoms with E-state index in [-0.39, 0.29) is 11.3 Å². The van der Waals surface area contributed by atoms with Gasteiger partial charge < -0.3 is 9.84 Å². The van der Waals surface area contributed by atoms with E-state index < -0.39 is 11.8 Å². The summed E-state index contributed by atoms with van der Waals surface area (Å²) in [5.74, 6) is -1.68. The summed E-state index contributed by atoms with van der Waals surface area (Å²) in [6.07, 6.45) is 0. The van der Waals surface area contributed by atoms with E-state index >= 15 is 0 Å². The number of aliphatic carboxylic acids is 1. The van der Waals surface area contributed by atoms with Crippen molar-refractivity contribution in [2.45, 2.75) is 6.92 Å². The third-order valence-corrected chi connectivity index (χ3v) is 2.55. The molecule has 2 rings (SSSR count). The second-order valence-corrected chi connectivity index (χ2v) is 4.05. The SMILES string of the molecule is Cc1ccc(C(=O)C(=O)O)c(Oc2ccccc2)c1. The molecule has 0 amide bonds. The fraction of sp³-hybridized carbons (Fsp3) is 0.0667. The van der Waals surface area contributed by atoms with Crippen LogP contribution >= 0.6 is 0 Å². The van der Waals surface area contributed by atoms with Crippen LogP contribution in [0.4, 0.5) is 0 Å². The Labute approximate surface area is 110 Å². The molecule has 2 aromatic carbocycles. The maximum Gasteiger partial charge on any atom is 0.377 e. The monoisotopic (exact) mass is 256 g/mol. The number of para-hydroxylation sites is 1. The number of carboxylic acid groups (broad SMARTS) is 1. The number of hydrogen-bond acceptors (Lipinski definition) is 3. The molecule has 0 atom stereocenters. The zero-order valence-electron chi connectivity index (χ0n) is 10.3. The number of hydrogen-bond donors (Lipinski definition) is 1. The van der Waals surface area contributed by atoms with Crippen molar-refractivity contribution in [1.82, 2.24) is 0 Å². The topological polar surface area (TPSA) is 63.6 Å². The van der Waals surface area contributed by atoms with Crippen LogP contribution < -0.4 is 4.74 Å². The number of carboxylic acids is 1. The first-order valence-electron chi connectivity index (χ1n) is 5.69. The summed E-state index contributed by atoms with van der Waals surface area (Å²) < 4.78 is 5.58. The van der Waals surface area contributed by atoms with Gasteiger partial charge in [0, 0.05) is 0 Å². The summed E-state index contributed by atoms with van der Waals surface area (Å²) in [6, 6.07) is 13.7. The Kier molecular flexibility index (Phi) is 3.61. The third kappa shape index (κ3) is 2.98. The zero-order valence-corrected chi connectivity index (χ0v) is 10.3. The van der Waals surface area contributed by atoms with Gasteiger partial charge in [0.2, 0.25) is 0 Å². The van der Waals surface area contributed by atoms with Crippen LogP contribution in [0, 0.1) is 6.92 Å². The summed E-state index contributed by atoms with van der Waals surface area (Å²) >= 11 is 0. The molecule has 0 spiro atoms. The fourth-order valence-corrected chi connectivity index (χ4v) is 1.63. The molecule has 0 aliphatic carbocycles. The predicted molar refractivity (Wildman–Crippen MR) is 69.7 cm³/mol. The van der Waals surface area contributed by atoms with E-state index in [0.717, 1.165) is 5.56 Å². The first-order valence-corrected chi connectivity index (χ1v) is 5.69. The molecule has 1 N–H and O–H groups in total. The molecular formula is C15H12O4. The molecule has 0 bridgehead atoms. The quantitative estimate of drug-likeness (QED) is 0.674. The molecule has 0 fully saturated rings. The Balaban J connectivity index is 2.41. The molecule has 0 radical (unpaired) electrons. The molecule has 0 saturated carbocycles. The van der Waals surface area contributed by atoms with Gasteiger partial charge in [-0.15, -0.1) is 0 Å². The molecular weight excluding hydrogens is 244 g/mol. The number of benzene rings is 2. The highest BCUT2D eigenvalue weighted by atomic mass is 16.5. The Hall–Kier alpha value is -2.62. The van der Waals surface area contributed by atoms with Gasteiger partial charge in [0.25, 0.3) is 5.78 Å². The minimum Gasteiger partial charge on any atom is -0.475 e. The summed E-state index contributed by atoms with van der Waals surface area (Å²) in [7, 11) is 0. The minimum atomic E-state index is -1.50. The Morgan fingerprint density at radius 3 is 2.37 bits per heavy atom. The van der Waals surface area contributed by atoms with Crippen molar-refractivity contribution in [2.75, 3.05) is 0 Å². The zero-order chi connectivity index (χ0) is 13.8. The van der Waals surface area contributed by atoms with Crippen LogP contribution in [0.5, 0.6) is 11.5 Å². The molecule has 0 heterocycles. The normalized spacial score (nSPS) is 9.95. The fourth-order valence-electron chi connectivity index (χ4n) is 1.63. The molecule has 19 heavy (non-hydrogen) atoms. The second-order valence-electron chi connectivity index (χ2n) is 4.05. The largest absolute Gasteiger partial charge is 0.475 e. The Bertz CT molecular complexity index is 617. The molecule has 0 aliphatic rings. The maximum absolute atomic E-state index is 11.6. The lowest BCUT2D eigenvalue weighted by atomic mass is 10.1. The van der Waals surface area contributed by atoms with Crippen LogP contribution in [-0.4, -0.2) is 16.9 Å². The van der Waals surface area contributed by atoms with Gasteiger partial charge in [-0.05, 0) is 36.8 Å². The van der Waals surface area contributed by atoms with Gasteiger partial charge in [0.15, 0.2) is 0 Å². The third-order valence-electron chi connectivity index (χ3n) is 2.55. The number of Topliss-reactive ketones (excluding diaryl/α,β-unsaturated/α-hetero) is 1. The van der Waals surface area contributed by atoms with Crippen molar-refractivity contribution in [3.8, 4) is 11.5 Å². The number of aryl methyl sites for hydroxylation is 1. The van der Waals surface area contributed by atoms with Crippen LogP contribution in [0.15, 0.2) is 48.5 Å². The van der Waals surface area contributed by atoms with Gasteiger partial charge in [-0.3, -0.25) is 4.79 Å². The van der Waals surface area contributed by atoms with Crippen molar-refractivity contribution in [3.05, 3.63) is 59.7 Å². The van der Waals surface area contributed by atoms with Crippen molar-refractivity contribution in [1.29, 1.82) is 0 Å². The number of ether oxygens (including phenoxy) is 1. The Morgan fingerprint density at radius 2 is 1.74 bits per heavy atom. The lowest BCUT2D eigenvalue weighted by Gasteiger charge is -2.10. The lowest BCUT2D eigenvalue weighted by molar-refractivity contribution is -0.131. The average Bonchev–Trinajstić information content (AvgIpc) is 2.39. The standard InChI is InChI=1S/C15H12O4/c1-10-7-8-12(14(16)15(17)18)13(9-10)19-11-5-3-2-4-6-11/h2-9H,1H3,(H,17,18). The van der Waals surface area contributed by atoms with Crippen LogP contribution in [-0.2, 0) is 4.79 Å². The molecule has 0 aliphatic heterocycles. The molecule has 0 unspecified atom stereocenters. The first-order chi connectivity index (χ1) is 9.08. The molecule has 0 saturated heterocycles. The molecule has 0 aromatic heterocycles. The van der Waals surface area contributed by atoms with Gasteiger partial charge in [-0.1, -0.05) is 24.3 Å². The average molecular weight is 256 g/mol. The maximum atomic E-state index is 11.6. The minimum absolute atomic E-state index is 0.0435. The second kappa shape index (κ2) is 5.35. The van der Waals surface area contributed by atoms with E-state index in [2.05, 4.69) is 0 Å². The van der Waals surface area contributed by atoms with Crippen molar-refractivity contribution >= 4 is 11.8 Å². The van der Waals surface area contributed by atoms with E-state index in [1.165, 1.54) is 6.07 Å².